The molecule has 1 fully saturated rings. The van der Waals surface area contributed by atoms with Crippen LogP contribution in [-0.2, 0) is 0 Å². The lowest BCUT2D eigenvalue weighted by atomic mass is 10.1. The second-order valence-corrected chi connectivity index (χ2v) is 4.44. The fraction of sp³-hybridized carbons (Fsp3) is 0.538. The molecule has 4 nitrogen and oxygen atoms in total. The highest BCUT2D eigenvalue weighted by molar-refractivity contribution is 5.92. The summed E-state index contributed by atoms with van der Waals surface area (Å²) in [5.41, 5.74) is 6.07. The number of carbonyl (C=O) groups is 1. The van der Waals surface area contributed by atoms with Gasteiger partial charge in [0.25, 0.3) is 5.91 Å². The van der Waals surface area contributed by atoms with Crippen molar-refractivity contribution in [2.24, 2.45) is 5.73 Å². The van der Waals surface area contributed by atoms with Gasteiger partial charge in [-0.05, 0) is 44.4 Å². The maximum atomic E-state index is 12.3. The Morgan fingerprint density at radius 3 is 3.12 bits per heavy atom. The Balaban J connectivity index is 2.03. The molecule has 1 aliphatic rings. The first-order chi connectivity index (χ1) is 8.33. The van der Waals surface area contributed by atoms with Crippen molar-refractivity contribution in [1.29, 1.82) is 0 Å². The van der Waals surface area contributed by atoms with E-state index in [1.165, 1.54) is 0 Å². The predicted molar refractivity (Wildman–Crippen MR) is 66.6 cm³/mol. The van der Waals surface area contributed by atoms with Crippen LogP contribution in [0.1, 0.15) is 36.2 Å². The van der Waals surface area contributed by atoms with Gasteiger partial charge in [-0.15, -0.1) is 0 Å². The molecule has 0 aliphatic carbocycles. The van der Waals surface area contributed by atoms with Gasteiger partial charge < -0.3 is 10.6 Å². The minimum Gasteiger partial charge on any atom is -0.334 e. The average Bonchev–Trinajstić information content (AvgIpc) is 2.84. The monoisotopic (exact) mass is 233 g/mol. The molecule has 2 rings (SSSR count). The zero-order chi connectivity index (χ0) is 12.1. The average molecular weight is 233 g/mol. The van der Waals surface area contributed by atoms with E-state index in [2.05, 4.69) is 4.98 Å². The molecule has 1 atom stereocenters. The Labute approximate surface area is 102 Å². The van der Waals surface area contributed by atoms with Gasteiger partial charge in [0.15, 0.2) is 0 Å². The SMILES string of the molecule is NCCCC1CCCN1C(=O)c1ccccn1. The van der Waals surface area contributed by atoms with E-state index in [1.807, 2.05) is 17.0 Å². The Bertz CT molecular complexity index is 366. The normalized spacial score (nSPS) is 19.6. The molecular formula is C13H19N3O. The predicted octanol–water partition coefficient (Wildman–Crippen LogP) is 1.43. The molecular weight excluding hydrogens is 214 g/mol. The number of hydrogen-bond donors (Lipinski definition) is 1. The lowest BCUT2D eigenvalue weighted by molar-refractivity contribution is 0.0723. The molecule has 1 amide bonds. The molecule has 0 radical (unpaired) electrons. The van der Waals surface area contributed by atoms with Crippen LogP contribution < -0.4 is 5.73 Å². The van der Waals surface area contributed by atoms with Crippen LogP contribution >= 0.6 is 0 Å². The van der Waals surface area contributed by atoms with E-state index in [1.54, 1.807) is 12.3 Å². The zero-order valence-electron chi connectivity index (χ0n) is 10.0. The third-order valence-corrected chi connectivity index (χ3v) is 3.26. The molecule has 2 N–H and O–H groups in total. The number of aromatic nitrogens is 1. The molecule has 0 saturated carbocycles. The summed E-state index contributed by atoms with van der Waals surface area (Å²) in [5, 5.41) is 0. The van der Waals surface area contributed by atoms with Crippen molar-refractivity contribution in [3.05, 3.63) is 30.1 Å². The molecule has 92 valence electrons. The summed E-state index contributed by atoms with van der Waals surface area (Å²) >= 11 is 0. The number of rotatable bonds is 4. The summed E-state index contributed by atoms with van der Waals surface area (Å²) in [6.07, 6.45) is 5.84. The van der Waals surface area contributed by atoms with Gasteiger partial charge in [0.05, 0.1) is 0 Å². The highest BCUT2D eigenvalue weighted by Gasteiger charge is 2.29. The number of carbonyl (C=O) groups excluding carboxylic acids is 1. The van der Waals surface area contributed by atoms with Crippen LogP contribution in [0.5, 0.6) is 0 Å². The lowest BCUT2D eigenvalue weighted by Crippen LogP contribution is -2.36. The molecule has 2 heterocycles. The van der Waals surface area contributed by atoms with Gasteiger partial charge >= 0.3 is 0 Å². The van der Waals surface area contributed by atoms with Crippen LogP contribution in [0, 0.1) is 0 Å². The highest BCUT2D eigenvalue weighted by atomic mass is 16.2. The summed E-state index contributed by atoms with van der Waals surface area (Å²) < 4.78 is 0. The van der Waals surface area contributed by atoms with Crippen LogP contribution in [-0.4, -0.2) is 34.9 Å². The summed E-state index contributed by atoms with van der Waals surface area (Å²) in [6.45, 7) is 1.55. The van der Waals surface area contributed by atoms with Crippen molar-refractivity contribution in [3.63, 3.8) is 0 Å². The second kappa shape index (κ2) is 5.77. The fourth-order valence-corrected chi connectivity index (χ4v) is 2.39. The van der Waals surface area contributed by atoms with Crippen LogP contribution in [0.4, 0.5) is 0 Å². The fourth-order valence-electron chi connectivity index (χ4n) is 2.39. The van der Waals surface area contributed by atoms with Gasteiger partial charge in [-0.3, -0.25) is 9.78 Å². The smallest absolute Gasteiger partial charge is 0.272 e. The summed E-state index contributed by atoms with van der Waals surface area (Å²) in [4.78, 5) is 18.3. The van der Waals surface area contributed by atoms with Gasteiger partial charge in [0, 0.05) is 18.8 Å². The minimum atomic E-state index is 0.0603. The second-order valence-electron chi connectivity index (χ2n) is 4.44. The molecule has 0 spiro atoms. The standard InChI is InChI=1S/C13H19N3O/c14-8-3-5-11-6-4-10-16(11)13(17)12-7-1-2-9-15-12/h1-2,7,9,11H,3-6,8,10,14H2. The van der Waals surface area contributed by atoms with E-state index in [9.17, 15) is 4.79 Å². The molecule has 0 bridgehead atoms. The number of amides is 1. The first kappa shape index (κ1) is 12.0. The third kappa shape index (κ3) is 2.82. The van der Waals surface area contributed by atoms with Crippen molar-refractivity contribution >= 4 is 5.91 Å². The number of nitrogens with two attached hydrogens (primary N) is 1. The Morgan fingerprint density at radius 1 is 1.53 bits per heavy atom. The van der Waals surface area contributed by atoms with Crippen molar-refractivity contribution in [1.82, 2.24) is 9.88 Å². The molecule has 4 heteroatoms. The number of nitrogens with zero attached hydrogens (tertiary/aromatic N) is 2. The quantitative estimate of drug-likeness (QED) is 0.855. The van der Waals surface area contributed by atoms with E-state index < -0.39 is 0 Å². The summed E-state index contributed by atoms with van der Waals surface area (Å²) in [6, 6.07) is 5.81. The maximum Gasteiger partial charge on any atom is 0.272 e. The molecule has 1 aromatic heterocycles. The maximum absolute atomic E-state index is 12.3. The van der Waals surface area contributed by atoms with Crippen LogP contribution in [0.3, 0.4) is 0 Å². The van der Waals surface area contributed by atoms with Crippen LogP contribution in [0.15, 0.2) is 24.4 Å². The van der Waals surface area contributed by atoms with Crippen molar-refractivity contribution in [2.45, 2.75) is 31.7 Å². The molecule has 17 heavy (non-hydrogen) atoms. The first-order valence-corrected chi connectivity index (χ1v) is 6.25. The van der Waals surface area contributed by atoms with Crippen LogP contribution in [0.25, 0.3) is 0 Å². The highest BCUT2D eigenvalue weighted by Crippen LogP contribution is 2.22. The summed E-state index contributed by atoms with van der Waals surface area (Å²) in [7, 11) is 0. The molecule has 1 aromatic rings. The Hall–Kier alpha value is -1.42. The Kier molecular flexibility index (Phi) is 4.09. The lowest BCUT2D eigenvalue weighted by Gasteiger charge is -2.24. The minimum absolute atomic E-state index is 0.0603. The van der Waals surface area contributed by atoms with Gasteiger partial charge in [0.1, 0.15) is 5.69 Å². The van der Waals surface area contributed by atoms with Crippen molar-refractivity contribution in [2.75, 3.05) is 13.1 Å². The first-order valence-electron chi connectivity index (χ1n) is 6.25. The zero-order valence-corrected chi connectivity index (χ0v) is 10.0. The summed E-state index contributed by atoms with van der Waals surface area (Å²) in [5.74, 6) is 0.0603. The van der Waals surface area contributed by atoms with Crippen LogP contribution in [0.2, 0.25) is 0 Å². The third-order valence-electron chi connectivity index (χ3n) is 3.26. The van der Waals surface area contributed by atoms with E-state index in [0.717, 1.165) is 32.2 Å². The topological polar surface area (TPSA) is 59.2 Å². The van der Waals surface area contributed by atoms with E-state index in [4.69, 9.17) is 5.73 Å². The van der Waals surface area contributed by atoms with E-state index >= 15 is 0 Å². The molecule has 0 aromatic carbocycles. The van der Waals surface area contributed by atoms with Crippen molar-refractivity contribution in [3.8, 4) is 0 Å². The van der Waals surface area contributed by atoms with Crippen molar-refractivity contribution < 1.29 is 4.79 Å². The molecule has 1 saturated heterocycles. The van der Waals surface area contributed by atoms with Gasteiger partial charge in [-0.25, -0.2) is 0 Å². The van der Waals surface area contributed by atoms with Gasteiger partial charge in [-0.1, -0.05) is 6.07 Å². The number of likely N-dealkylation sites (tertiary alicyclic amines) is 1. The largest absolute Gasteiger partial charge is 0.334 e. The van der Waals surface area contributed by atoms with Gasteiger partial charge in [0.2, 0.25) is 0 Å². The Morgan fingerprint density at radius 2 is 2.41 bits per heavy atom. The number of pyridine rings is 1. The number of hydrogen-bond acceptors (Lipinski definition) is 3. The molecule has 1 unspecified atom stereocenters. The van der Waals surface area contributed by atoms with E-state index in [-0.39, 0.29) is 5.91 Å². The van der Waals surface area contributed by atoms with Gasteiger partial charge in [-0.2, -0.15) is 0 Å². The molecule has 1 aliphatic heterocycles. The van der Waals surface area contributed by atoms with E-state index in [0.29, 0.717) is 18.3 Å².